The Morgan fingerprint density at radius 1 is 0.964 bits per heavy atom. The third-order valence-electron chi connectivity index (χ3n) is 4.47. The minimum absolute atomic E-state index is 0.372. The lowest BCUT2D eigenvalue weighted by molar-refractivity contribution is 0.280. The molecule has 3 aromatic carbocycles. The molecule has 1 N–H and O–H groups in total. The van der Waals surface area contributed by atoms with Crippen LogP contribution >= 0.6 is 27.5 Å². The summed E-state index contributed by atoms with van der Waals surface area (Å²) >= 11 is 9.91. The Labute approximate surface area is 179 Å². The molecule has 0 spiro atoms. The molecular weight excluding hydrogens is 438 g/mol. The van der Waals surface area contributed by atoms with E-state index in [1.165, 1.54) is 11.1 Å². The predicted molar refractivity (Wildman–Crippen MR) is 118 cm³/mol. The van der Waals surface area contributed by atoms with Crippen LogP contribution in [0.25, 0.3) is 0 Å². The Kier molecular flexibility index (Phi) is 7.37. The van der Waals surface area contributed by atoms with Crippen molar-refractivity contribution in [2.75, 3.05) is 7.11 Å². The molecule has 0 amide bonds. The first-order chi connectivity index (χ1) is 13.6. The molecule has 0 aliphatic rings. The largest absolute Gasteiger partial charge is 0.493 e. The number of aryl methyl sites for hydroxylation is 1. The number of rotatable bonds is 8. The van der Waals surface area contributed by atoms with Gasteiger partial charge in [-0.2, -0.15) is 0 Å². The lowest BCUT2D eigenvalue weighted by Crippen LogP contribution is -2.14. The number of halogens is 2. The molecule has 0 radical (unpaired) electrons. The van der Waals surface area contributed by atoms with Crippen LogP contribution in [0.4, 0.5) is 0 Å². The van der Waals surface area contributed by atoms with Crippen molar-refractivity contribution in [3.63, 3.8) is 0 Å². The van der Waals surface area contributed by atoms with Gasteiger partial charge in [0, 0.05) is 33.7 Å². The van der Waals surface area contributed by atoms with E-state index in [9.17, 15) is 0 Å². The maximum Gasteiger partial charge on any atom is 0.167 e. The molecular formula is C23H23BrClNO2. The predicted octanol–water partition coefficient (Wildman–Crippen LogP) is 6.29. The third-order valence-corrected chi connectivity index (χ3v) is 5.58. The smallest absolute Gasteiger partial charge is 0.167 e. The monoisotopic (exact) mass is 459 g/mol. The zero-order chi connectivity index (χ0) is 19.9. The van der Waals surface area contributed by atoms with E-state index >= 15 is 0 Å². The van der Waals surface area contributed by atoms with Gasteiger partial charge in [0.2, 0.25) is 0 Å². The molecule has 0 aromatic heterocycles. The van der Waals surface area contributed by atoms with Crippen LogP contribution in [0, 0.1) is 6.92 Å². The second-order valence-electron chi connectivity index (χ2n) is 6.53. The molecule has 3 nitrogen and oxygen atoms in total. The first kappa shape index (κ1) is 20.7. The molecule has 0 unspecified atom stereocenters. The van der Waals surface area contributed by atoms with Crippen molar-refractivity contribution < 1.29 is 9.47 Å². The summed E-state index contributed by atoms with van der Waals surface area (Å²) in [6, 6.07) is 20.1. The SMILES string of the molecule is COc1ccc(Br)c(CNCc2ccc(C)cc2)c1OCc1ccccc1Cl. The molecule has 28 heavy (non-hydrogen) atoms. The molecule has 0 bridgehead atoms. The highest BCUT2D eigenvalue weighted by Crippen LogP contribution is 2.37. The van der Waals surface area contributed by atoms with Gasteiger partial charge in [-0.3, -0.25) is 0 Å². The van der Waals surface area contributed by atoms with Gasteiger partial charge in [-0.1, -0.05) is 75.6 Å². The van der Waals surface area contributed by atoms with E-state index in [1.54, 1.807) is 7.11 Å². The maximum atomic E-state index is 6.26. The highest BCUT2D eigenvalue weighted by Gasteiger charge is 2.15. The highest BCUT2D eigenvalue weighted by molar-refractivity contribution is 9.10. The fourth-order valence-corrected chi connectivity index (χ4v) is 3.51. The normalized spacial score (nSPS) is 10.7. The minimum Gasteiger partial charge on any atom is -0.493 e. The van der Waals surface area contributed by atoms with E-state index < -0.39 is 0 Å². The second kappa shape index (κ2) is 9.97. The molecule has 0 heterocycles. The fourth-order valence-electron chi connectivity index (χ4n) is 2.87. The van der Waals surface area contributed by atoms with Gasteiger partial charge in [0.1, 0.15) is 6.61 Å². The van der Waals surface area contributed by atoms with Gasteiger partial charge in [0.05, 0.1) is 7.11 Å². The van der Waals surface area contributed by atoms with Gasteiger partial charge in [0.15, 0.2) is 11.5 Å². The lowest BCUT2D eigenvalue weighted by Gasteiger charge is -2.17. The Balaban J connectivity index is 1.75. The van der Waals surface area contributed by atoms with Crippen molar-refractivity contribution in [3.05, 3.63) is 92.4 Å². The van der Waals surface area contributed by atoms with Gasteiger partial charge in [-0.15, -0.1) is 0 Å². The van der Waals surface area contributed by atoms with E-state index in [0.717, 1.165) is 22.1 Å². The summed E-state index contributed by atoms with van der Waals surface area (Å²) in [6.07, 6.45) is 0. The van der Waals surface area contributed by atoms with Crippen LogP contribution in [0.15, 0.2) is 65.1 Å². The standard InChI is InChI=1S/C23H23BrClNO2/c1-16-7-9-17(10-8-16)13-26-14-19-20(24)11-12-22(27-2)23(19)28-15-18-5-3-4-6-21(18)25/h3-12,26H,13-15H2,1-2H3. The molecule has 0 atom stereocenters. The number of benzene rings is 3. The van der Waals surface area contributed by atoms with Crippen molar-refractivity contribution in [2.24, 2.45) is 0 Å². The number of methoxy groups -OCH3 is 1. The Hall–Kier alpha value is -2.01. The minimum atomic E-state index is 0.372. The van der Waals surface area contributed by atoms with E-state index in [2.05, 4.69) is 52.4 Å². The van der Waals surface area contributed by atoms with Crippen LogP contribution in [-0.4, -0.2) is 7.11 Å². The van der Waals surface area contributed by atoms with Crippen molar-refractivity contribution in [2.45, 2.75) is 26.6 Å². The third kappa shape index (κ3) is 5.28. The average molecular weight is 461 g/mol. The van der Waals surface area contributed by atoms with Crippen LogP contribution in [0.1, 0.15) is 22.3 Å². The van der Waals surface area contributed by atoms with E-state index in [1.807, 2.05) is 36.4 Å². The van der Waals surface area contributed by atoms with Gasteiger partial charge < -0.3 is 14.8 Å². The van der Waals surface area contributed by atoms with Crippen molar-refractivity contribution >= 4 is 27.5 Å². The van der Waals surface area contributed by atoms with Gasteiger partial charge in [-0.25, -0.2) is 0 Å². The van der Waals surface area contributed by atoms with Crippen molar-refractivity contribution in [1.82, 2.24) is 5.32 Å². The summed E-state index contributed by atoms with van der Waals surface area (Å²) in [7, 11) is 1.65. The summed E-state index contributed by atoms with van der Waals surface area (Å²) < 4.78 is 12.6. The van der Waals surface area contributed by atoms with Crippen molar-refractivity contribution in [3.8, 4) is 11.5 Å². The van der Waals surface area contributed by atoms with E-state index in [-0.39, 0.29) is 0 Å². The lowest BCUT2D eigenvalue weighted by atomic mass is 10.1. The molecule has 0 aliphatic heterocycles. The maximum absolute atomic E-state index is 6.26. The first-order valence-corrected chi connectivity index (χ1v) is 10.2. The first-order valence-electron chi connectivity index (χ1n) is 9.06. The Morgan fingerprint density at radius 3 is 2.43 bits per heavy atom. The zero-order valence-corrected chi connectivity index (χ0v) is 18.3. The molecule has 0 fully saturated rings. The van der Waals surface area contributed by atoms with Gasteiger partial charge in [0.25, 0.3) is 0 Å². The number of ether oxygens (including phenoxy) is 2. The van der Waals surface area contributed by atoms with Crippen LogP contribution in [0.2, 0.25) is 5.02 Å². The quantitative estimate of drug-likeness (QED) is 0.428. The Morgan fingerprint density at radius 2 is 1.71 bits per heavy atom. The summed E-state index contributed by atoms with van der Waals surface area (Å²) in [5, 5.41) is 4.18. The topological polar surface area (TPSA) is 30.5 Å². The van der Waals surface area contributed by atoms with Gasteiger partial charge >= 0.3 is 0 Å². The highest BCUT2D eigenvalue weighted by atomic mass is 79.9. The Bertz CT molecular complexity index is 928. The molecule has 3 rings (SSSR count). The average Bonchev–Trinajstić information content (AvgIpc) is 2.70. The van der Waals surface area contributed by atoms with E-state index in [0.29, 0.717) is 29.7 Å². The molecule has 146 valence electrons. The molecule has 5 heteroatoms. The van der Waals surface area contributed by atoms with Crippen LogP contribution in [-0.2, 0) is 19.7 Å². The number of nitrogens with one attached hydrogen (secondary N) is 1. The second-order valence-corrected chi connectivity index (χ2v) is 7.79. The number of hydrogen-bond acceptors (Lipinski definition) is 3. The number of hydrogen-bond donors (Lipinski definition) is 1. The zero-order valence-electron chi connectivity index (χ0n) is 16.0. The van der Waals surface area contributed by atoms with Crippen LogP contribution in [0.3, 0.4) is 0 Å². The molecule has 0 aliphatic carbocycles. The van der Waals surface area contributed by atoms with Gasteiger partial charge in [-0.05, 0) is 30.7 Å². The van der Waals surface area contributed by atoms with E-state index in [4.69, 9.17) is 21.1 Å². The molecule has 0 saturated heterocycles. The summed E-state index contributed by atoms with van der Waals surface area (Å²) in [6.45, 7) is 3.88. The van der Waals surface area contributed by atoms with Crippen molar-refractivity contribution in [1.29, 1.82) is 0 Å². The van der Waals surface area contributed by atoms with Crippen LogP contribution in [0.5, 0.6) is 11.5 Å². The van der Waals surface area contributed by atoms with Crippen LogP contribution < -0.4 is 14.8 Å². The molecule has 0 saturated carbocycles. The summed E-state index contributed by atoms with van der Waals surface area (Å²) in [5.74, 6) is 1.41. The molecule has 3 aromatic rings. The fraction of sp³-hybridized carbons (Fsp3) is 0.217. The summed E-state index contributed by atoms with van der Waals surface area (Å²) in [5.41, 5.74) is 4.45. The summed E-state index contributed by atoms with van der Waals surface area (Å²) in [4.78, 5) is 0.